The van der Waals surface area contributed by atoms with E-state index in [0.717, 1.165) is 98.4 Å². The number of carbonyl (C=O) groups excluding carboxylic acids is 4. The number of amides is 4. The molecule has 1 aromatic heterocycles. The first-order valence-corrected chi connectivity index (χ1v) is 24.3. The molecule has 4 aliphatic heterocycles. The van der Waals surface area contributed by atoms with E-state index in [2.05, 4.69) is 64.0 Å². The first kappa shape index (κ1) is 45.7. The molecule has 4 aromatic carbocycles. The van der Waals surface area contributed by atoms with Crippen molar-refractivity contribution >= 4 is 35.3 Å². The summed E-state index contributed by atoms with van der Waals surface area (Å²) in [5.74, 6) is 0.383. The SMILES string of the molecule is COC(=O)N[C@H](C(=O)N1CCC[C@H]1C1=NC=C(c2ccc(-c3ccc(-c4cnc([C@@H]5CCCN5C(=O)[C@@H](NC(=O)OC)c5ccccc5)[nH]4)c4c3C3(CC4)CCN(C)CC3)cc2)C1)c1ccccc1. The van der Waals surface area contributed by atoms with Gasteiger partial charge in [0.15, 0.2) is 0 Å². The summed E-state index contributed by atoms with van der Waals surface area (Å²) in [7, 11) is 4.82. The molecule has 10 rings (SSSR count). The van der Waals surface area contributed by atoms with Crippen LogP contribution in [0, 0.1) is 0 Å². The molecule has 14 heteroatoms. The van der Waals surface area contributed by atoms with E-state index in [0.29, 0.717) is 30.6 Å². The Bertz CT molecular complexity index is 2780. The molecule has 356 valence electrons. The molecule has 5 heterocycles. The van der Waals surface area contributed by atoms with E-state index in [1.54, 1.807) is 0 Å². The maximum absolute atomic E-state index is 14.2. The molecule has 3 fully saturated rings. The zero-order valence-electron chi connectivity index (χ0n) is 39.6. The molecule has 3 saturated heterocycles. The van der Waals surface area contributed by atoms with Gasteiger partial charge in [-0.25, -0.2) is 14.6 Å². The van der Waals surface area contributed by atoms with E-state index in [-0.39, 0.29) is 29.3 Å². The predicted molar refractivity (Wildman–Crippen MR) is 264 cm³/mol. The lowest BCUT2D eigenvalue weighted by Gasteiger charge is -2.40. The lowest BCUT2D eigenvalue weighted by molar-refractivity contribution is -0.135. The summed E-state index contributed by atoms with van der Waals surface area (Å²) in [4.78, 5) is 72.9. The minimum atomic E-state index is -0.886. The Morgan fingerprint density at radius 3 is 1.87 bits per heavy atom. The van der Waals surface area contributed by atoms with Gasteiger partial charge in [-0.3, -0.25) is 14.6 Å². The molecule has 1 spiro atoms. The van der Waals surface area contributed by atoms with Gasteiger partial charge >= 0.3 is 12.2 Å². The van der Waals surface area contributed by atoms with Gasteiger partial charge in [0.2, 0.25) is 5.91 Å². The largest absolute Gasteiger partial charge is 0.453 e. The second-order valence-electron chi connectivity index (χ2n) is 19.1. The number of alkyl carbamates (subject to hydrolysis) is 2. The summed E-state index contributed by atoms with van der Waals surface area (Å²) < 4.78 is 9.80. The molecular formula is C55H60N8O6. The van der Waals surface area contributed by atoms with E-state index in [1.165, 1.54) is 36.5 Å². The molecule has 14 nitrogen and oxygen atoms in total. The number of rotatable bonds is 11. The smallest absolute Gasteiger partial charge is 0.407 e. The third-order valence-corrected chi connectivity index (χ3v) is 15.3. The zero-order chi connectivity index (χ0) is 47.6. The maximum atomic E-state index is 14.2. The predicted octanol–water partition coefficient (Wildman–Crippen LogP) is 8.69. The summed E-state index contributed by atoms with van der Waals surface area (Å²) in [6, 6.07) is 29.9. The van der Waals surface area contributed by atoms with Gasteiger partial charge in [0, 0.05) is 37.0 Å². The Balaban J connectivity index is 0.888. The highest BCUT2D eigenvalue weighted by atomic mass is 16.5. The van der Waals surface area contributed by atoms with Crippen molar-refractivity contribution in [3.05, 3.63) is 143 Å². The van der Waals surface area contributed by atoms with Crippen LogP contribution in [0.1, 0.15) is 103 Å². The number of hydrogen-bond acceptors (Lipinski definition) is 9. The Morgan fingerprint density at radius 2 is 1.26 bits per heavy atom. The summed E-state index contributed by atoms with van der Waals surface area (Å²) in [5, 5.41) is 5.53. The number of hydrogen-bond donors (Lipinski definition) is 3. The zero-order valence-corrected chi connectivity index (χ0v) is 39.6. The number of nitrogens with zero attached hydrogens (tertiary/aromatic N) is 5. The topological polar surface area (TPSA) is 162 Å². The van der Waals surface area contributed by atoms with Crippen LogP contribution in [0.4, 0.5) is 9.59 Å². The van der Waals surface area contributed by atoms with Gasteiger partial charge in [0.05, 0.1) is 38.2 Å². The number of piperidine rings is 1. The van der Waals surface area contributed by atoms with Gasteiger partial charge in [-0.15, -0.1) is 0 Å². The third kappa shape index (κ3) is 8.93. The molecule has 0 unspecified atom stereocenters. The minimum absolute atomic E-state index is 0.0652. The fourth-order valence-corrected chi connectivity index (χ4v) is 11.6. The molecular weight excluding hydrogens is 869 g/mol. The summed E-state index contributed by atoms with van der Waals surface area (Å²) >= 11 is 0. The molecule has 4 atom stereocenters. The Kier molecular flexibility index (Phi) is 12.9. The maximum Gasteiger partial charge on any atom is 0.407 e. The number of nitrogens with one attached hydrogen (secondary N) is 3. The first-order valence-electron chi connectivity index (χ1n) is 24.3. The van der Waals surface area contributed by atoms with E-state index in [4.69, 9.17) is 19.5 Å². The average molecular weight is 929 g/mol. The van der Waals surface area contributed by atoms with Crippen molar-refractivity contribution in [3.63, 3.8) is 0 Å². The van der Waals surface area contributed by atoms with E-state index in [1.807, 2.05) is 82.9 Å². The number of likely N-dealkylation sites (tertiary alicyclic amines) is 3. The third-order valence-electron chi connectivity index (χ3n) is 15.3. The monoisotopic (exact) mass is 928 g/mol. The lowest BCUT2D eigenvalue weighted by atomic mass is 9.71. The standard InChI is InChI=1S/C55H60N8O6/c1-61-30-26-55(27-31-61)25-24-42-41(44-34-57-50(58-44)46-17-11-29-63(46)52(65)49(60-54(67)69-3)38-14-8-5-9-15-38)23-22-40(47(42)55)36-20-18-35(19-21-36)39-32-43(56-33-39)45-16-10-28-62(45)51(64)48(59-53(66)68-2)37-12-6-4-7-13-37/h4-9,12-15,18-23,33-34,45-46,48-49H,10-11,16-17,24-32H2,1-3H3,(H,57,58)(H,59,66)(H,60,67)/t45-,46-,48-,49-/m0/s1. The van der Waals surface area contributed by atoms with Crippen LogP contribution in [-0.4, -0.2) is 108 Å². The van der Waals surface area contributed by atoms with Crippen molar-refractivity contribution in [2.75, 3.05) is 47.4 Å². The number of methoxy groups -OCH3 is 2. The van der Waals surface area contributed by atoms with Crippen molar-refractivity contribution < 1.29 is 28.7 Å². The number of aliphatic imine (C=N–C) groups is 1. The highest BCUT2D eigenvalue weighted by molar-refractivity contribution is 6.04. The van der Waals surface area contributed by atoms with Gasteiger partial charge in [-0.1, -0.05) is 97.1 Å². The van der Waals surface area contributed by atoms with E-state index in [9.17, 15) is 19.2 Å². The second kappa shape index (κ2) is 19.5. The highest BCUT2D eigenvalue weighted by Gasteiger charge is 2.44. The van der Waals surface area contributed by atoms with Crippen molar-refractivity contribution in [1.82, 2.24) is 35.3 Å². The molecule has 0 radical (unpaired) electrons. The lowest BCUT2D eigenvalue weighted by Crippen LogP contribution is -2.47. The van der Waals surface area contributed by atoms with Crippen molar-refractivity contribution in [2.45, 2.75) is 87.4 Å². The van der Waals surface area contributed by atoms with Gasteiger partial charge < -0.3 is 39.8 Å². The number of benzene rings is 4. The van der Waals surface area contributed by atoms with Gasteiger partial charge in [0.1, 0.15) is 17.9 Å². The summed E-state index contributed by atoms with van der Waals surface area (Å²) in [6.45, 7) is 3.25. The Hall–Kier alpha value is -7.06. The summed E-state index contributed by atoms with van der Waals surface area (Å²) in [5.41, 5.74) is 12.0. The number of aromatic amines is 1. The fourth-order valence-electron chi connectivity index (χ4n) is 11.6. The van der Waals surface area contributed by atoms with Crippen LogP contribution in [0.2, 0.25) is 0 Å². The molecule has 1 aliphatic carbocycles. The van der Waals surface area contributed by atoms with Crippen LogP contribution in [-0.2, 0) is 30.9 Å². The van der Waals surface area contributed by atoms with Crippen LogP contribution >= 0.6 is 0 Å². The Labute approximate surface area is 403 Å². The molecule has 0 saturated carbocycles. The molecule has 4 amide bonds. The first-order chi connectivity index (χ1) is 33.6. The number of carbonyl (C=O) groups is 4. The van der Waals surface area contributed by atoms with Gasteiger partial charge in [-0.2, -0.15) is 0 Å². The van der Waals surface area contributed by atoms with Crippen LogP contribution in [0.25, 0.3) is 28.0 Å². The summed E-state index contributed by atoms with van der Waals surface area (Å²) in [6.07, 6.45) is 10.7. The van der Waals surface area contributed by atoms with Crippen LogP contribution in [0.5, 0.6) is 0 Å². The highest BCUT2D eigenvalue weighted by Crippen LogP contribution is 2.52. The van der Waals surface area contributed by atoms with E-state index < -0.39 is 24.3 Å². The van der Waals surface area contributed by atoms with Gasteiger partial charge in [0.25, 0.3) is 5.91 Å². The molecule has 69 heavy (non-hydrogen) atoms. The van der Waals surface area contributed by atoms with E-state index >= 15 is 0 Å². The Morgan fingerprint density at radius 1 is 0.696 bits per heavy atom. The van der Waals surface area contributed by atoms with Crippen molar-refractivity contribution in [2.24, 2.45) is 4.99 Å². The number of H-pyrrole nitrogens is 1. The second-order valence-corrected chi connectivity index (χ2v) is 19.1. The normalized spacial score (nSPS) is 20.5. The minimum Gasteiger partial charge on any atom is -0.453 e. The number of imidazole rings is 1. The number of ether oxygens (including phenoxy) is 2. The molecule has 0 bridgehead atoms. The number of fused-ring (bicyclic) bond motifs is 2. The van der Waals surface area contributed by atoms with Crippen LogP contribution in [0.3, 0.4) is 0 Å². The van der Waals surface area contributed by atoms with Crippen molar-refractivity contribution in [3.8, 4) is 22.4 Å². The van der Waals surface area contributed by atoms with Crippen LogP contribution < -0.4 is 10.6 Å². The molecule has 5 aromatic rings. The number of aromatic nitrogens is 2. The molecule has 3 N–H and O–H groups in total. The van der Waals surface area contributed by atoms with Crippen molar-refractivity contribution in [1.29, 1.82) is 0 Å². The average Bonchev–Trinajstić information content (AvgIpc) is 4.26. The quantitative estimate of drug-likeness (QED) is 0.119. The van der Waals surface area contributed by atoms with Gasteiger partial charge in [-0.05, 0) is 121 Å². The van der Waals surface area contributed by atoms with Crippen LogP contribution in [0.15, 0.2) is 114 Å². The number of allylic oxidation sites excluding steroid dienone is 1. The fraction of sp³-hybridized carbons (Fsp3) is 0.382. The molecule has 5 aliphatic rings.